The first-order chi connectivity index (χ1) is 11.4. The van der Waals surface area contributed by atoms with Crippen LogP contribution in [0.4, 0.5) is 0 Å². The maximum Gasteiger partial charge on any atom is 0.328 e. The van der Waals surface area contributed by atoms with Crippen molar-refractivity contribution in [2.24, 2.45) is 11.8 Å². The van der Waals surface area contributed by atoms with Gasteiger partial charge in [0.2, 0.25) is 5.91 Å². The van der Waals surface area contributed by atoms with Crippen molar-refractivity contribution in [1.82, 2.24) is 5.32 Å². The molecule has 1 aromatic rings. The molecule has 0 aliphatic carbocycles. The maximum atomic E-state index is 12.4. The van der Waals surface area contributed by atoms with Crippen LogP contribution in [0.5, 0.6) is 0 Å². The van der Waals surface area contributed by atoms with E-state index in [1.807, 2.05) is 44.2 Å². The van der Waals surface area contributed by atoms with E-state index in [0.29, 0.717) is 18.9 Å². The monoisotopic (exact) mass is 333 g/mol. The summed E-state index contributed by atoms with van der Waals surface area (Å²) < 4.78 is 5.32. The highest BCUT2D eigenvalue weighted by atomic mass is 16.5. The number of rotatable bonds is 10. The SMILES string of the molecule is CCCCOC(=O)[C@H](Cc1ccccc1)NC(=O)[C@@H](C)CC(C)C. The zero-order valence-electron chi connectivity index (χ0n) is 15.4. The van der Waals surface area contributed by atoms with E-state index in [1.165, 1.54) is 0 Å². The predicted octanol–water partition coefficient (Wildman–Crippen LogP) is 3.74. The van der Waals surface area contributed by atoms with E-state index in [0.717, 1.165) is 24.8 Å². The molecule has 1 amide bonds. The zero-order chi connectivity index (χ0) is 17.9. The molecule has 0 saturated carbocycles. The second kappa shape index (κ2) is 10.8. The van der Waals surface area contributed by atoms with Crippen LogP contribution >= 0.6 is 0 Å². The Morgan fingerprint density at radius 1 is 1.12 bits per heavy atom. The lowest BCUT2D eigenvalue weighted by Gasteiger charge is -2.21. The minimum atomic E-state index is -0.633. The lowest BCUT2D eigenvalue weighted by Crippen LogP contribution is -2.45. The molecule has 0 aliphatic rings. The summed E-state index contributed by atoms with van der Waals surface area (Å²) >= 11 is 0. The lowest BCUT2D eigenvalue weighted by molar-refractivity contribution is -0.148. The number of carbonyl (C=O) groups excluding carboxylic acids is 2. The van der Waals surface area contributed by atoms with Crippen molar-refractivity contribution in [3.8, 4) is 0 Å². The Bertz CT molecular complexity index is 499. The lowest BCUT2D eigenvalue weighted by atomic mass is 9.97. The molecule has 2 atom stereocenters. The smallest absolute Gasteiger partial charge is 0.328 e. The summed E-state index contributed by atoms with van der Waals surface area (Å²) in [5.41, 5.74) is 1.01. The van der Waals surface area contributed by atoms with Crippen LogP contribution in [0.2, 0.25) is 0 Å². The van der Waals surface area contributed by atoms with Crippen LogP contribution in [-0.2, 0) is 20.7 Å². The zero-order valence-corrected chi connectivity index (χ0v) is 15.4. The Hall–Kier alpha value is -1.84. The highest BCUT2D eigenvalue weighted by Gasteiger charge is 2.25. The summed E-state index contributed by atoms with van der Waals surface area (Å²) in [5, 5.41) is 2.88. The van der Waals surface area contributed by atoms with Gasteiger partial charge < -0.3 is 10.1 Å². The van der Waals surface area contributed by atoms with Crippen molar-refractivity contribution in [2.75, 3.05) is 6.61 Å². The normalized spacial score (nSPS) is 13.4. The van der Waals surface area contributed by atoms with Gasteiger partial charge in [-0.25, -0.2) is 4.79 Å². The third-order valence-corrected chi connectivity index (χ3v) is 3.90. The van der Waals surface area contributed by atoms with E-state index in [4.69, 9.17) is 4.74 Å². The van der Waals surface area contributed by atoms with Crippen molar-refractivity contribution in [1.29, 1.82) is 0 Å². The van der Waals surface area contributed by atoms with Gasteiger partial charge in [-0.1, -0.05) is 64.4 Å². The van der Waals surface area contributed by atoms with Crippen molar-refractivity contribution in [3.63, 3.8) is 0 Å². The van der Waals surface area contributed by atoms with E-state index in [1.54, 1.807) is 0 Å². The predicted molar refractivity (Wildman–Crippen MR) is 96.6 cm³/mol. The standard InChI is InChI=1S/C20H31NO3/c1-5-6-12-24-20(23)18(14-17-10-8-7-9-11-17)21-19(22)16(4)13-15(2)3/h7-11,15-16,18H,5-6,12-14H2,1-4H3,(H,21,22)/t16-,18-/m0/s1. The largest absolute Gasteiger partial charge is 0.464 e. The van der Waals surface area contributed by atoms with Crippen molar-refractivity contribution >= 4 is 11.9 Å². The van der Waals surface area contributed by atoms with Gasteiger partial charge in [-0.3, -0.25) is 4.79 Å². The van der Waals surface area contributed by atoms with Crippen molar-refractivity contribution in [2.45, 2.75) is 59.4 Å². The first-order valence-electron chi connectivity index (χ1n) is 8.95. The Morgan fingerprint density at radius 2 is 1.79 bits per heavy atom. The van der Waals surface area contributed by atoms with Gasteiger partial charge in [-0.2, -0.15) is 0 Å². The Morgan fingerprint density at radius 3 is 2.38 bits per heavy atom. The number of amides is 1. The first-order valence-corrected chi connectivity index (χ1v) is 8.95. The molecule has 0 unspecified atom stereocenters. The number of hydrogen-bond acceptors (Lipinski definition) is 3. The molecule has 1 N–H and O–H groups in total. The molecule has 0 fully saturated rings. The number of carbonyl (C=O) groups is 2. The highest BCUT2D eigenvalue weighted by Crippen LogP contribution is 2.12. The molecule has 1 aromatic carbocycles. The van der Waals surface area contributed by atoms with Crippen LogP contribution in [-0.4, -0.2) is 24.5 Å². The number of benzene rings is 1. The molecule has 0 aromatic heterocycles. The van der Waals surface area contributed by atoms with E-state index in [9.17, 15) is 9.59 Å². The molecule has 0 aliphatic heterocycles. The van der Waals surface area contributed by atoms with E-state index in [-0.39, 0.29) is 17.8 Å². The van der Waals surface area contributed by atoms with Crippen molar-refractivity contribution < 1.29 is 14.3 Å². The topological polar surface area (TPSA) is 55.4 Å². The third-order valence-electron chi connectivity index (χ3n) is 3.90. The molecular weight excluding hydrogens is 302 g/mol. The van der Waals surface area contributed by atoms with Crippen LogP contribution in [0.15, 0.2) is 30.3 Å². The molecule has 0 bridgehead atoms. The fourth-order valence-corrected chi connectivity index (χ4v) is 2.59. The third kappa shape index (κ3) is 7.62. The molecule has 4 nitrogen and oxygen atoms in total. The number of hydrogen-bond donors (Lipinski definition) is 1. The van der Waals surface area contributed by atoms with Crippen LogP contribution in [0.1, 0.15) is 52.5 Å². The van der Waals surface area contributed by atoms with Gasteiger partial charge in [-0.15, -0.1) is 0 Å². The molecule has 0 heterocycles. The van der Waals surface area contributed by atoms with E-state index >= 15 is 0 Å². The first kappa shape index (κ1) is 20.2. The maximum absolute atomic E-state index is 12.4. The Labute approximate surface area is 146 Å². The van der Waals surface area contributed by atoms with Gasteiger partial charge >= 0.3 is 5.97 Å². The van der Waals surface area contributed by atoms with Gasteiger partial charge in [0.15, 0.2) is 0 Å². The fraction of sp³-hybridized carbons (Fsp3) is 0.600. The Balaban J connectivity index is 2.72. The minimum Gasteiger partial charge on any atom is -0.464 e. The summed E-state index contributed by atoms with van der Waals surface area (Å²) in [6.07, 6.45) is 3.05. The second-order valence-electron chi connectivity index (χ2n) is 6.80. The van der Waals surface area contributed by atoms with Crippen LogP contribution < -0.4 is 5.32 Å². The van der Waals surface area contributed by atoms with Gasteiger partial charge in [0.1, 0.15) is 6.04 Å². The summed E-state index contributed by atoms with van der Waals surface area (Å²) in [7, 11) is 0. The fourth-order valence-electron chi connectivity index (χ4n) is 2.59. The van der Waals surface area contributed by atoms with E-state index in [2.05, 4.69) is 19.2 Å². The van der Waals surface area contributed by atoms with Crippen LogP contribution in [0.3, 0.4) is 0 Å². The number of unbranched alkanes of at least 4 members (excludes halogenated alkanes) is 1. The van der Waals surface area contributed by atoms with Crippen LogP contribution in [0, 0.1) is 11.8 Å². The molecule has 24 heavy (non-hydrogen) atoms. The van der Waals surface area contributed by atoms with Gasteiger partial charge in [0, 0.05) is 12.3 Å². The summed E-state index contributed by atoms with van der Waals surface area (Å²) in [6, 6.07) is 9.06. The highest BCUT2D eigenvalue weighted by molar-refractivity contribution is 5.85. The molecule has 0 saturated heterocycles. The molecule has 134 valence electrons. The summed E-state index contributed by atoms with van der Waals surface area (Å²) in [4.78, 5) is 24.8. The Kier molecular flexibility index (Phi) is 9.13. The average molecular weight is 333 g/mol. The minimum absolute atomic E-state index is 0.0860. The second-order valence-corrected chi connectivity index (χ2v) is 6.80. The number of nitrogens with one attached hydrogen (secondary N) is 1. The number of ether oxygens (including phenoxy) is 1. The quantitative estimate of drug-likeness (QED) is 0.524. The van der Waals surface area contributed by atoms with Crippen molar-refractivity contribution in [3.05, 3.63) is 35.9 Å². The molecule has 4 heteroatoms. The summed E-state index contributed by atoms with van der Waals surface area (Å²) in [5.74, 6) is -0.115. The molecule has 0 spiro atoms. The average Bonchev–Trinajstić information content (AvgIpc) is 2.54. The number of esters is 1. The van der Waals surface area contributed by atoms with Gasteiger partial charge in [0.05, 0.1) is 6.61 Å². The van der Waals surface area contributed by atoms with E-state index < -0.39 is 6.04 Å². The molecule has 0 radical (unpaired) electrons. The van der Waals surface area contributed by atoms with Crippen LogP contribution in [0.25, 0.3) is 0 Å². The summed E-state index contributed by atoms with van der Waals surface area (Å²) in [6.45, 7) is 8.52. The van der Waals surface area contributed by atoms with Gasteiger partial charge in [-0.05, 0) is 24.3 Å². The molecular formula is C20H31NO3. The molecule has 1 rings (SSSR count). The van der Waals surface area contributed by atoms with Gasteiger partial charge in [0.25, 0.3) is 0 Å².